The Hall–Kier alpha value is -0.920. The SMILES string of the molecule is CC(C)O/C(=C\C1OC1C(F)(F)F)C(F)(F)F. The van der Waals surface area contributed by atoms with E-state index in [0.29, 0.717) is 6.08 Å². The summed E-state index contributed by atoms with van der Waals surface area (Å²) in [5.74, 6) is -1.45. The molecule has 0 aromatic carbocycles. The molecule has 1 aliphatic heterocycles. The van der Waals surface area contributed by atoms with Gasteiger partial charge in [0, 0.05) is 0 Å². The summed E-state index contributed by atoms with van der Waals surface area (Å²) in [5, 5.41) is 0. The van der Waals surface area contributed by atoms with Crippen molar-refractivity contribution in [3.05, 3.63) is 11.8 Å². The summed E-state index contributed by atoms with van der Waals surface area (Å²) in [6, 6.07) is 0. The second-order valence-electron chi connectivity index (χ2n) is 3.76. The summed E-state index contributed by atoms with van der Waals surface area (Å²) < 4.78 is 81.7. The number of hydrogen-bond donors (Lipinski definition) is 0. The molecular formula is C9H10F6O2. The van der Waals surface area contributed by atoms with Crippen LogP contribution in [0.4, 0.5) is 26.3 Å². The van der Waals surface area contributed by atoms with Gasteiger partial charge in [0.2, 0.25) is 0 Å². The van der Waals surface area contributed by atoms with Crippen LogP contribution in [0.15, 0.2) is 11.8 Å². The lowest BCUT2D eigenvalue weighted by molar-refractivity contribution is -0.146. The van der Waals surface area contributed by atoms with E-state index >= 15 is 0 Å². The number of allylic oxidation sites excluding steroid dienone is 1. The van der Waals surface area contributed by atoms with Crippen molar-refractivity contribution in [2.45, 2.75) is 44.5 Å². The molecule has 0 aromatic heterocycles. The molecule has 1 heterocycles. The molecule has 0 aromatic rings. The molecule has 1 fully saturated rings. The standard InChI is InChI=1S/C9H10F6O2/c1-4(2)16-6(8(10,11)12)3-5-7(17-5)9(13,14)15/h3-5,7H,1-2H3/b6-3-. The van der Waals surface area contributed by atoms with Crippen LogP contribution in [0.1, 0.15) is 13.8 Å². The van der Waals surface area contributed by atoms with Crippen molar-refractivity contribution in [2.24, 2.45) is 0 Å². The molecule has 2 atom stereocenters. The molecule has 0 N–H and O–H groups in total. The van der Waals surface area contributed by atoms with Crippen LogP contribution in [0, 0.1) is 0 Å². The van der Waals surface area contributed by atoms with Gasteiger partial charge in [-0.05, 0) is 19.9 Å². The van der Waals surface area contributed by atoms with Crippen molar-refractivity contribution in [3.63, 3.8) is 0 Å². The van der Waals surface area contributed by atoms with E-state index in [4.69, 9.17) is 0 Å². The molecule has 0 bridgehead atoms. The fraction of sp³-hybridized carbons (Fsp3) is 0.778. The first-order valence-corrected chi connectivity index (χ1v) is 4.69. The van der Waals surface area contributed by atoms with Gasteiger partial charge < -0.3 is 9.47 Å². The fourth-order valence-corrected chi connectivity index (χ4v) is 1.12. The molecule has 0 radical (unpaired) electrons. The van der Waals surface area contributed by atoms with Gasteiger partial charge in [-0.2, -0.15) is 26.3 Å². The van der Waals surface area contributed by atoms with E-state index in [-0.39, 0.29) is 0 Å². The first kappa shape index (κ1) is 14.1. The Kier molecular flexibility index (Phi) is 3.66. The van der Waals surface area contributed by atoms with E-state index in [1.807, 2.05) is 0 Å². The highest BCUT2D eigenvalue weighted by Crippen LogP contribution is 2.40. The van der Waals surface area contributed by atoms with E-state index in [1.165, 1.54) is 13.8 Å². The van der Waals surface area contributed by atoms with E-state index < -0.39 is 36.4 Å². The lowest BCUT2D eigenvalue weighted by Crippen LogP contribution is -2.21. The van der Waals surface area contributed by atoms with Gasteiger partial charge in [0.1, 0.15) is 6.10 Å². The zero-order valence-corrected chi connectivity index (χ0v) is 8.89. The van der Waals surface area contributed by atoms with Crippen LogP contribution < -0.4 is 0 Å². The minimum atomic E-state index is -4.83. The van der Waals surface area contributed by atoms with Crippen LogP contribution in [-0.4, -0.2) is 30.7 Å². The van der Waals surface area contributed by atoms with Gasteiger partial charge in [0.05, 0.1) is 6.10 Å². The van der Waals surface area contributed by atoms with Crippen molar-refractivity contribution in [3.8, 4) is 0 Å². The van der Waals surface area contributed by atoms with Crippen LogP contribution >= 0.6 is 0 Å². The normalized spacial score (nSPS) is 26.3. The summed E-state index contributed by atoms with van der Waals surface area (Å²) in [6.45, 7) is 2.68. The number of halogens is 6. The minimum absolute atomic E-state index is 0.318. The molecule has 100 valence electrons. The quantitative estimate of drug-likeness (QED) is 0.443. The average Bonchev–Trinajstić information content (AvgIpc) is 2.78. The second-order valence-corrected chi connectivity index (χ2v) is 3.76. The highest BCUT2D eigenvalue weighted by molar-refractivity contribution is 5.12. The Morgan fingerprint density at radius 1 is 1.18 bits per heavy atom. The molecule has 1 rings (SSSR count). The molecule has 2 unspecified atom stereocenters. The van der Waals surface area contributed by atoms with Gasteiger partial charge in [-0.15, -0.1) is 0 Å². The lowest BCUT2D eigenvalue weighted by Gasteiger charge is -2.15. The largest absolute Gasteiger partial charge is 0.486 e. The number of rotatable bonds is 3. The van der Waals surface area contributed by atoms with E-state index in [2.05, 4.69) is 9.47 Å². The van der Waals surface area contributed by atoms with Gasteiger partial charge in [-0.3, -0.25) is 0 Å². The van der Waals surface area contributed by atoms with Crippen molar-refractivity contribution in [1.29, 1.82) is 0 Å². The average molecular weight is 264 g/mol. The van der Waals surface area contributed by atoms with E-state index in [9.17, 15) is 26.3 Å². The second kappa shape index (κ2) is 4.40. The summed E-state index contributed by atoms with van der Waals surface area (Å²) in [4.78, 5) is 0. The Morgan fingerprint density at radius 2 is 1.71 bits per heavy atom. The Morgan fingerprint density at radius 3 is 2.00 bits per heavy atom. The predicted octanol–water partition coefficient (Wildman–Crippen LogP) is 3.19. The summed E-state index contributed by atoms with van der Waals surface area (Å²) in [7, 11) is 0. The van der Waals surface area contributed by atoms with E-state index in [0.717, 1.165) is 0 Å². The zero-order valence-electron chi connectivity index (χ0n) is 8.89. The predicted molar refractivity (Wildman–Crippen MR) is 45.1 cm³/mol. The van der Waals surface area contributed by atoms with Crippen LogP contribution in [0.3, 0.4) is 0 Å². The van der Waals surface area contributed by atoms with Gasteiger partial charge in [0.25, 0.3) is 0 Å². The highest BCUT2D eigenvalue weighted by atomic mass is 19.4. The third-order valence-electron chi connectivity index (χ3n) is 1.81. The number of hydrogen-bond acceptors (Lipinski definition) is 2. The molecule has 8 heteroatoms. The van der Waals surface area contributed by atoms with Crippen LogP contribution in [-0.2, 0) is 9.47 Å². The molecule has 0 amide bonds. The van der Waals surface area contributed by atoms with Crippen molar-refractivity contribution in [2.75, 3.05) is 0 Å². The number of ether oxygens (including phenoxy) is 2. The lowest BCUT2D eigenvalue weighted by atomic mass is 10.2. The van der Waals surface area contributed by atoms with Gasteiger partial charge in [0.15, 0.2) is 11.9 Å². The summed E-state index contributed by atoms with van der Waals surface area (Å²) >= 11 is 0. The Labute approximate surface area is 93.2 Å². The maximum atomic E-state index is 12.4. The Bertz CT molecular complexity index is 304. The summed E-state index contributed by atoms with van der Waals surface area (Å²) in [6.07, 6.45) is -13.7. The molecule has 0 aliphatic carbocycles. The Balaban J connectivity index is 2.73. The molecule has 1 aliphatic rings. The third-order valence-corrected chi connectivity index (χ3v) is 1.81. The van der Waals surface area contributed by atoms with Gasteiger partial charge >= 0.3 is 12.4 Å². The van der Waals surface area contributed by atoms with Crippen LogP contribution in [0.2, 0.25) is 0 Å². The molecule has 17 heavy (non-hydrogen) atoms. The minimum Gasteiger partial charge on any atom is -0.486 e. The number of alkyl halides is 6. The molecular weight excluding hydrogens is 254 g/mol. The van der Waals surface area contributed by atoms with Gasteiger partial charge in [-0.25, -0.2) is 0 Å². The van der Waals surface area contributed by atoms with Crippen molar-refractivity contribution in [1.82, 2.24) is 0 Å². The molecule has 0 spiro atoms. The van der Waals surface area contributed by atoms with Crippen LogP contribution in [0.5, 0.6) is 0 Å². The number of epoxide rings is 1. The molecule has 2 nitrogen and oxygen atoms in total. The maximum absolute atomic E-state index is 12.4. The van der Waals surface area contributed by atoms with Gasteiger partial charge in [-0.1, -0.05) is 0 Å². The molecule has 1 saturated heterocycles. The smallest absolute Gasteiger partial charge is 0.448 e. The third kappa shape index (κ3) is 4.10. The maximum Gasteiger partial charge on any atom is 0.448 e. The summed E-state index contributed by atoms with van der Waals surface area (Å²) in [5.41, 5.74) is 0. The van der Waals surface area contributed by atoms with Crippen LogP contribution in [0.25, 0.3) is 0 Å². The monoisotopic (exact) mass is 264 g/mol. The fourth-order valence-electron chi connectivity index (χ4n) is 1.12. The first-order valence-electron chi connectivity index (χ1n) is 4.69. The first-order chi connectivity index (χ1) is 7.51. The topological polar surface area (TPSA) is 21.8 Å². The highest BCUT2D eigenvalue weighted by Gasteiger charge is 2.58. The van der Waals surface area contributed by atoms with Crippen molar-refractivity contribution < 1.29 is 35.8 Å². The van der Waals surface area contributed by atoms with Crippen molar-refractivity contribution >= 4 is 0 Å². The molecule has 0 saturated carbocycles. The zero-order chi connectivity index (χ0) is 13.4. The van der Waals surface area contributed by atoms with E-state index in [1.54, 1.807) is 0 Å².